The van der Waals surface area contributed by atoms with E-state index in [1.54, 1.807) is 0 Å². The van der Waals surface area contributed by atoms with Crippen molar-refractivity contribution in [2.45, 2.75) is 52.0 Å². The summed E-state index contributed by atoms with van der Waals surface area (Å²) in [5.74, 6) is 0.663. The quantitative estimate of drug-likeness (QED) is 0.868. The van der Waals surface area contributed by atoms with E-state index in [4.69, 9.17) is 0 Å². The second-order valence-electron chi connectivity index (χ2n) is 6.21. The molecule has 1 saturated heterocycles. The summed E-state index contributed by atoms with van der Waals surface area (Å²) in [7, 11) is 0. The third-order valence-electron chi connectivity index (χ3n) is 4.35. The Bertz CT molecular complexity index is 433. The van der Waals surface area contributed by atoms with Crippen LogP contribution < -0.4 is 10.2 Å². The molecule has 0 spiro atoms. The van der Waals surface area contributed by atoms with E-state index in [1.165, 1.54) is 29.7 Å². The summed E-state index contributed by atoms with van der Waals surface area (Å²) in [5.41, 5.74) is 2.21. The molecule has 1 fully saturated rings. The molecule has 0 saturated carbocycles. The van der Waals surface area contributed by atoms with E-state index in [2.05, 4.69) is 31.3 Å². The van der Waals surface area contributed by atoms with Gasteiger partial charge >= 0.3 is 0 Å². The maximum absolute atomic E-state index is 12.3. The summed E-state index contributed by atoms with van der Waals surface area (Å²) in [5, 5.41) is 3.05. The molecule has 0 unspecified atom stereocenters. The van der Waals surface area contributed by atoms with Crippen LogP contribution in [0.4, 0.5) is 5.69 Å². The van der Waals surface area contributed by atoms with Crippen LogP contribution in [0.1, 0.15) is 51.5 Å². The number of carbonyl (C=O) groups excluding carboxylic acids is 1. The van der Waals surface area contributed by atoms with Crippen LogP contribution >= 0.6 is 0 Å². The maximum Gasteiger partial charge on any atom is 0.282 e. The fourth-order valence-corrected chi connectivity index (χ4v) is 2.83. The third kappa shape index (κ3) is 3.83. The van der Waals surface area contributed by atoms with Gasteiger partial charge in [0.25, 0.3) is 5.91 Å². The Balaban J connectivity index is 1.92. The predicted molar refractivity (Wildman–Crippen MR) is 83.2 cm³/mol. The maximum atomic E-state index is 12.3. The molecule has 0 aromatic heterocycles. The molecule has 1 aromatic rings. The van der Waals surface area contributed by atoms with Gasteiger partial charge in [0, 0.05) is 5.69 Å². The van der Waals surface area contributed by atoms with Gasteiger partial charge in [0.05, 0.1) is 13.1 Å². The molecule has 2 N–H and O–H groups in total. The average molecular weight is 275 g/mol. The first-order valence-corrected chi connectivity index (χ1v) is 7.83. The number of anilines is 1. The molecular formula is C17H27N2O+. The number of quaternary nitrogens is 1. The van der Waals surface area contributed by atoms with Gasteiger partial charge in [0.2, 0.25) is 0 Å². The highest BCUT2D eigenvalue weighted by Crippen LogP contribution is 2.17. The van der Waals surface area contributed by atoms with Crippen LogP contribution in [0.5, 0.6) is 0 Å². The van der Waals surface area contributed by atoms with Gasteiger partial charge in [-0.05, 0) is 49.8 Å². The average Bonchev–Trinajstić information content (AvgIpc) is 2.48. The summed E-state index contributed by atoms with van der Waals surface area (Å²) >= 11 is 0. The number of rotatable bonds is 4. The minimum absolute atomic E-state index is 0.0417. The van der Waals surface area contributed by atoms with Crippen LogP contribution in [-0.4, -0.2) is 25.0 Å². The molecule has 1 aliphatic rings. The van der Waals surface area contributed by atoms with Crippen LogP contribution in [0, 0.1) is 0 Å². The first-order valence-electron chi connectivity index (χ1n) is 7.83. The van der Waals surface area contributed by atoms with Crippen molar-refractivity contribution in [1.29, 1.82) is 0 Å². The summed E-state index contributed by atoms with van der Waals surface area (Å²) in [4.78, 5) is 13.7. The molecule has 110 valence electrons. The highest BCUT2D eigenvalue weighted by Gasteiger charge is 2.26. The normalized spacial score (nSPS) is 18.0. The molecule has 1 heterocycles. The third-order valence-corrected chi connectivity index (χ3v) is 4.35. The van der Waals surface area contributed by atoms with E-state index < -0.39 is 0 Å². The van der Waals surface area contributed by atoms with Gasteiger partial charge in [0.1, 0.15) is 0 Å². The smallest absolute Gasteiger partial charge is 0.282 e. The fourth-order valence-electron chi connectivity index (χ4n) is 2.83. The van der Waals surface area contributed by atoms with Crippen molar-refractivity contribution < 1.29 is 9.69 Å². The van der Waals surface area contributed by atoms with Crippen LogP contribution in [0.25, 0.3) is 0 Å². The molecule has 1 atom stereocenters. The standard InChI is InChI=1S/C17H26N2O/c1-13(2)15-7-9-16(10-8-15)18-17(20)14(3)19-11-5-4-6-12-19/h7-10,13-14H,4-6,11-12H2,1-3H3,(H,18,20)/p+1/t14-/m0/s1. The molecule has 3 nitrogen and oxygen atoms in total. The van der Waals surface area contributed by atoms with E-state index in [0.29, 0.717) is 5.92 Å². The molecule has 0 bridgehead atoms. The van der Waals surface area contributed by atoms with Gasteiger partial charge in [0.15, 0.2) is 6.04 Å². The number of hydrogen-bond acceptors (Lipinski definition) is 1. The van der Waals surface area contributed by atoms with Crippen molar-refractivity contribution in [3.05, 3.63) is 29.8 Å². The molecule has 3 heteroatoms. The molecule has 0 aliphatic carbocycles. The number of hydrogen-bond donors (Lipinski definition) is 2. The van der Waals surface area contributed by atoms with Gasteiger partial charge in [-0.1, -0.05) is 26.0 Å². The minimum atomic E-state index is 0.0417. The molecule has 1 aliphatic heterocycles. The summed E-state index contributed by atoms with van der Waals surface area (Å²) in [6.07, 6.45) is 3.81. The lowest BCUT2D eigenvalue weighted by atomic mass is 10.0. The lowest BCUT2D eigenvalue weighted by Crippen LogP contribution is -3.17. The second kappa shape index (κ2) is 6.89. The zero-order valence-electron chi connectivity index (χ0n) is 12.9. The van der Waals surface area contributed by atoms with Crippen molar-refractivity contribution >= 4 is 11.6 Å². The van der Waals surface area contributed by atoms with Crippen LogP contribution in [0.15, 0.2) is 24.3 Å². The number of amides is 1. The Labute approximate surface area is 122 Å². The number of carbonyl (C=O) groups is 1. The van der Waals surface area contributed by atoms with Crippen molar-refractivity contribution in [1.82, 2.24) is 0 Å². The van der Waals surface area contributed by atoms with Gasteiger partial charge in [-0.3, -0.25) is 4.79 Å². The Morgan fingerprint density at radius 2 is 1.65 bits per heavy atom. The monoisotopic (exact) mass is 275 g/mol. The van der Waals surface area contributed by atoms with Crippen molar-refractivity contribution in [2.75, 3.05) is 18.4 Å². The van der Waals surface area contributed by atoms with Crippen molar-refractivity contribution in [3.8, 4) is 0 Å². The number of piperidine rings is 1. The lowest BCUT2D eigenvalue weighted by Gasteiger charge is -2.28. The number of benzene rings is 1. The topological polar surface area (TPSA) is 33.5 Å². The van der Waals surface area contributed by atoms with Gasteiger partial charge in [-0.25, -0.2) is 0 Å². The zero-order valence-corrected chi connectivity index (χ0v) is 12.9. The minimum Gasteiger partial charge on any atom is -0.325 e. The fraction of sp³-hybridized carbons (Fsp3) is 0.588. The first-order chi connectivity index (χ1) is 9.58. The van der Waals surface area contributed by atoms with Crippen LogP contribution in [0.2, 0.25) is 0 Å². The summed E-state index contributed by atoms with van der Waals surface area (Å²) in [6, 6.07) is 8.24. The van der Waals surface area contributed by atoms with Crippen molar-refractivity contribution in [3.63, 3.8) is 0 Å². The Kier molecular flexibility index (Phi) is 5.18. The number of likely N-dealkylation sites (tertiary alicyclic amines) is 1. The summed E-state index contributed by atoms with van der Waals surface area (Å²) in [6.45, 7) is 8.64. The predicted octanol–water partition coefficient (Wildman–Crippen LogP) is 2.21. The molecule has 2 rings (SSSR count). The molecule has 0 radical (unpaired) electrons. The van der Waals surface area contributed by atoms with Gasteiger partial charge in [-0.15, -0.1) is 0 Å². The first kappa shape index (κ1) is 15.0. The van der Waals surface area contributed by atoms with Crippen molar-refractivity contribution in [2.24, 2.45) is 0 Å². The van der Waals surface area contributed by atoms with Gasteiger partial charge in [-0.2, -0.15) is 0 Å². The van der Waals surface area contributed by atoms with E-state index in [1.807, 2.05) is 19.1 Å². The Morgan fingerprint density at radius 1 is 1.05 bits per heavy atom. The van der Waals surface area contributed by atoms with Crippen LogP contribution in [0.3, 0.4) is 0 Å². The molecular weight excluding hydrogens is 248 g/mol. The SMILES string of the molecule is CC(C)c1ccc(NC(=O)[C@H](C)[NH+]2CCCCC2)cc1. The van der Waals surface area contributed by atoms with E-state index in [0.717, 1.165) is 18.8 Å². The molecule has 1 aromatic carbocycles. The zero-order chi connectivity index (χ0) is 14.5. The van der Waals surface area contributed by atoms with E-state index >= 15 is 0 Å². The van der Waals surface area contributed by atoms with E-state index in [-0.39, 0.29) is 11.9 Å². The summed E-state index contributed by atoms with van der Waals surface area (Å²) < 4.78 is 0. The number of nitrogens with one attached hydrogen (secondary N) is 2. The highest BCUT2D eigenvalue weighted by atomic mass is 16.2. The van der Waals surface area contributed by atoms with Gasteiger partial charge < -0.3 is 10.2 Å². The Morgan fingerprint density at radius 3 is 2.20 bits per heavy atom. The van der Waals surface area contributed by atoms with E-state index in [9.17, 15) is 4.79 Å². The van der Waals surface area contributed by atoms with Crippen LogP contribution in [-0.2, 0) is 4.79 Å². The second-order valence-corrected chi connectivity index (χ2v) is 6.21. The Hall–Kier alpha value is -1.35. The molecule has 20 heavy (non-hydrogen) atoms. The lowest BCUT2D eigenvalue weighted by molar-refractivity contribution is -0.918. The highest BCUT2D eigenvalue weighted by molar-refractivity contribution is 5.93. The molecule has 1 amide bonds. The largest absolute Gasteiger partial charge is 0.325 e.